The predicted molar refractivity (Wildman–Crippen MR) is 88.5 cm³/mol. The van der Waals surface area contributed by atoms with E-state index in [0.717, 1.165) is 47.5 Å². The highest BCUT2D eigenvalue weighted by Crippen LogP contribution is 2.24. The van der Waals surface area contributed by atoms with Crippen LogP contribution >= 0.6 is 11.3 Å². The number of thiazole rings is 1. The molecule has 0 radical (unpaired) electrons. The molecule has 1 aliphatic heterocycles. The second-order valence-electron chi connectivity index (χ2n) is 5.88. The number of hydrogen-bond donors (Lipinski definition) is 1. The van der Waals surface area contributed by atoms with Gasteiger partial charge in [0.15, 0.2) is 10.8 Å². The maximum Gasteiger partial charge on any atom is 0.226 e. The van der Waals surface area contributed by atoms with Gasteiger partial charge in [-0.15, -0.1) is 21.5 Å². The average Bonchev–Trinajstić information content (AvgIpc) is 3.29. The quantitative estimate of drug-likeness (QED) is 0.783. The van der Waals surface area contributed by atoms with Gasteiger partial charge in [0.25, 0.3) is 0 Å². The number of aryl methyl sites for hydroxylation is 2. The van der Waals surface area contributed by atoms with Gasteiger partial charge in [0.05, 0.1) is 18.4 Å². The predicted octanol–water partition coefficient (Wildman–Crippen LogP) is 1.98. The van der Waals surface area contributed by atoms with Gasteiger partial charge in [-0.3, -0.25) is 4.79 Å². The van der Waals surface area contributed by atoms with Crippen LogP contribution in [0.25, 0.3) is 10.8 Å². The Morgan fingerprint density at radius 1 is 1.50 bits per heavy atom. The summed E-state index contributed by atoms with van der Waals surface area (Å²) in [4.78, 5) is 16.8. The third-order valence-corrected chi connectivity index (χ3v) is 5.03. The summed E-state index contributed by atoms with van der Waals surface area (Å²) in [6.45, 7) is 2.67. The molecule has 0 saturated heterocycles. The molecule has 1 N–H and O–H groups in total. The Balaban J connectivity index is 1.37. The molecule has 0 aromatic carbocycles. The second kappa shape index (κ2) is 6.20. The Morgan fingerprint density at radius 3 is 3.25 bits per heavy atom. The molecule has 8 heteroatoms. The van der Waals surface area contributed by atoms with Crippen LogP contribution in [0.1, 0.15) is 23.8 Å². The van der Waals surface area contributed by atoms with Crippen molar-refractivity contribution < 1.29 is 9.21 Å². The maximum atomic E-state index is 12.3. The van der Waals surface area contributed by atoms with Gasteiger partial charge < -0.3 is 14.3 Å². The van der Waals surface area contributed by atoms with E-state index in [9.17, 15) is 4.79 Å². The number of rotatable bonds is 4. The lowest BCUT2D eigenvalue weighted by atomic mass is 10.1. The summed E-state index contributed by atoms with van der Waals surface area (Å²) in [5.74, 6) is 2.62. The van der Waals surface area contributed by atoms with Gasteiger partial charge in [-0.2, -0.15) is 0 Å². The lowest BCUT2D eigenvalue weighted by Crippen LogP contribution is -2.41. The number of aromatic nitrogens is 4. The molecule has 0 aliphatic carbocycles. The fourth-order valence-electron chi connectivity index (χ4n) is 2.92. The van der Waals surface area contributed by atoms with Crippen LogP contribution in [0.2, 0.25) is 0 Å². The maximum absolute atomic E-state index is 12.3. The van der Waals surface area contributed by atoms with E-state index in [4.69, 9.17) is 4.42 Å². The number of carbonyl (C=O) groups is 1. The van der Waals surface area contributed by atoms with Gasteiger partial charge >= 0.3 is 0 Å². The van der Waals surface area contributed by atoms with Crippen LogP contribution in [0, 0.1) is 6.92 Å². The molecule has 0 saturated carbocycles. The number of nitrogens with zero attached hydrogens (tertiary/aromatic N) is 4. The van der Waals surface area contributed by atoms with Crippen molar-refractivity contribution in [2.45, 2.75) is 38.8 Å². The van der Waals surface area contributed by atoms with Gasteiger partial charge in [-0.05, 0) is 25.5 Å². The van der Waals surface area contributed by atoms with Crippen molar-refractivity contribution in [3.05, 3.63) is 41.1 Å². The number of fused-ring (bicyclic) bond motifs is 1. The molecule has 1 amide bonds. The van der Waals surface area contributed by atoms with E-state index in [1.807, 2.05) is 24.4 Å². The average molecular weight is 343 g/mol. The molecule has 0 unspecified atom stereocenters. The molecule has 4 rings (SSSR count). The molecule has 7 nitrogen and oxygen atoms in total. The van der Waals surface area contributed by atoms with Gasteiger partial charge in [-0.1, -0.05) is 0 Å². The summed E-state index contributed by atoms with van der Waals surface area (Å²) in [5.41, 5.74) is 0.765. The normalized spacial score (nSPS) is 16.8. The highest BCUT2D eigenvalue weighted by molar-refractivity contribution is 7.13. The lowest BCUT2D eigenvalue weighted by Gasteiger charge is -2.24. The first-order valence-corrected chi connectivity index (χ1v) is 8.73. The number of nitrogens with one attached hydrogen (secondary N) is 1. The molecular formula is C16H17N5O2S. The van der Waals surface area contributed by atoms with Gasteiger partial charge in [0.1, 0.15) is 11.6 Å². The molecule has 4 heterocycles. The Kier molecular flexibility index (Phi) is 3.89. The van der Waals surface area contributed by atoms with Crippen molar-refractivity contribution in [3.63, 3.8) is 0 Å². The minimum absolute atomic E-state index is 0.00882. The molecule has 1 atom stereocenters. The third-order valence-electron chi connectivity index (χ3n) is 4.12. The number of amides is 1. The van der Waals surface area contributed by atoms with Crippen LogP contribution < -0.4 is 5.32 Å². The summed E-state index contributed by atoms with van der Waals surface area (Å²) < 4.78 is 7.40. The molecular weight excluding hydrogens is 326 g/mol. The van der Waals surface area contributed by atoms with Gasteiger partial charge in [0, 0.05) is 24.4 Å². The molecule has 0 fully saturated rings. The van der Waals surface area contributed by atoms with Crippen molar-refractivity contribution in [2.75, 3.05) is 0 Å². The molecule has 0 bridgehead atoms. The van der Waals surface area contributed by atoms with Gasteiger partial charge in [-0.25, -0.2) is 4.98 Å². The first kappa shape index (κ1) is 15.1. The summed E-state index contributed by atoms with van der Waals surface area (Å²) >= 11 is 1.48. The Labute approximate surface area is 142 Å². The standard InChI is InChI=1S/C16H17N5O2S/c1-10-19-20-14-5-4-11(8-21(10)14)17-15(22)7-12-9-24-16(18-12)13-3-2-6-23-13/h2-3,6,9,11H,4-5,7-8H2,1H3,(H,17,22)/t11-/m0/s1. The molecule has 24 heavy (non-hydrogen) atoms. The van der Waals surface area contributed by atoms with Crippen molar-refractivity contribution in [2.24, 2.45) is 0 Å². The van der Waals surface area contributed by atoms with E-state index < -0.39 is 0 Å². The highest BCUT2D eigenvalue weighted by Gasteiger charge is 2.23. The SMILES string of the molecule is Cc1nnc2n1C[C@@H](NC(=O)Cc1csc(-c3ccco3)n1)CC2. The van der Waals surface area contributed by atoms with E-state index >= 15 is 0 Å². The minimum Gasteiger partial charge on any atom is -0.462 e. The summed E-state index contributed by atoms with van der Waals surface area (Å²) in [6.07, 6.45) is 3.62. The molecule has 1 aliphatic rings. The zero-order valence-electron chi connectivity index (χ0n) is 13.2. The largest absolute Gasteiger partial charge is 0.462 e. The van der Waals surface area contributed by atoms with E-state index in [2.05, 4.69) is 25.1 Å². The van der Waals surface area contributed by atoms with Crippen molar-refractivity contribution in [3.8, 4) is 10.8 Å². The van der Waals surface area contributed by atoms with Crippen LogP contribution in [-0.4, -0.2) is 31.7 Å². The minimum atomic E-state index is -0.00882. The monoisotopic (exact) mass is 343 g/mol. The molecule has 124 valence electrons. The van der Waals surface area contributed by atoms with Crippen LogP contribution in [0.5, 0.6) is 0 Å². The highest BCUT2D eigenvalue weighted by atomic mass is 32.1. The lowest BCUT2D eigenvalue weighted by molar-refractivity contribution is -0.121. The topological polar surface area (TPSA) is 85.8 Å². The van der Waals surface area contributed by atoms with Crippen LogP contribution in [0.15, 0.2) is 28.2 Å². The van der Waals surface area contributed by atoms with Crippen molar-refractivity contribution in [1.82, 2.24) is 25.1 Å². The van der Waals surface area contributed by atoms with Crippen LogP contribution in [0.3, 0.4) is 0 Å². The molecule has 3 aromatic heterocycles. The zero-order chi connectivity index (χ0) is 16.5. The Bertz CT molecular complexity index is 852. The van der Waals surface area contributed by atoms with Crippen LogP contribution in [-0.2, 0) is 24.2 Å². The number of furan rings is 1. The first-order valence-electron chi connectivity index (χ1n) is 7.85. The molecule has 0 spiro atoms. The molecule has 3 aromatic rings. The Morgan fingerprint density at radius 2 is 2.42 bits per heavy atom. The van der Waals surface area contributed by atoms with Crippen molar-refractivity contribution >= 4 is 17.2 Å². The Hall–Kier alpha value is -2.48. The second-order valence-corrected chi connectivity index (χ2v) is 6.73. The zero-order valence-corrected chi connectivity index (χ0v) is 14.0. The fourth-order valence-corrected chi connectivity index (χ4v) is 3.71. The van der Waals surface area contributed by atoms with Gasteiger partial charge in [0.2, 0.25) is 5.91 Å². The van der Waals surface area contributed by atoms with E-state index in [0.29, 0.717) is 0 Å². The third kappa shape index (κ3) is 2.96. The van der Waals surface area contributed by atoms with E-state index in [1.165, 1.54) is 11.3 Å². The number of hydrogen-bond acceptors (Lipinski definition) is 6. The smallest absolute Gasteiger partial charge is 0.226 e. The fraction of sp³-hybridized carbons (Fsp3) is 0.375. The summed E-state index contributed by atoms with van der Waals surface area (Å²) in [5, 5.41) is 14.0. The number of carbonyl (C=O) groups excluding carboxylic acids is 1. The first-order chi connectivity index (χ1) is 11.7. The van der Waals surface area contributed by atoms with E-state index in [-0.39, 0.29) is 18.4 Å². The van der Waals surface area contributed by atoms with E-state index in [1.54, 1.807) is 6.26 Å². The van der Waals surface area contributed by atoms with Crippen molar-refractivity contribution in [1.29, 1.82) is 0 Å². The van der Waals surface area contributed by atoms with Crippen LogP contribution in [0.4, 0.5) is 0 Å². The summed E-state index contributed by atoms with van der Waals surface area (Å²) in [6, 6.07) is 3.81. The summed E-state index contributed by atoms with van der Waals surface area (Å²) in [7, 11) is 0.